The number of para-hydroxylation sites is 1. The highest BCUT2D eigenvalue weighted by Gasteiger charge is 2.22. The van der Waals surface area contributed by atoms with E-state index in [1.807, 2.05) is 32.0 Å². The van der Waals surface area contributed by atoms with Crippen LogP contribution >= 0.6 is 0 Å². The van der Waals surface area contributed by atoms with E-state index in [0.29, 0.717) is 5.69 Å². The molecule has 0 aliphatic heterocycles. The van der Waals surface area contributed by atoms with Crippen LogP contribution in [0.15, 0.2) is 18.2 Å². The number of nitrogens with one attached hydrogen (secondary N) is 2. The van der Waals surface area contributed by atoms with Crippen LogP contribution in [0.25, 0.3) is 0 Å². The summed E-state index contributed by atoms with van der Waals surface area (Å²) in [6, 6.07) is 4.49. The van der Waals surface area contributed by atoms with Gasteiger partial charge >= 0.3 is 11.9 Å². The molecule has 0 fully saturated rings. The average Bonchev–Trinajstić information content (AvgIpc) is 2.51. The zero-order valence-corrected chi connectivity index (χ0v) is 13.3. The molecular formula is C16H22N2O5. The minimum Gasteiger partial charge on any atom is -0.480 e. The van der Waals surface area contributed by atoms with Crippen molar-refractivity contribution in [2.75, 3.05) is 11.9 Å². The van der Waals surface area contributed by atoms with Crippen LogP contribution < -0.4 is 10.6 Å². The number of amides is 1. The van der Waals surface area contributed by atoms with Crippen LogP contribution in [0.4, 0.5) is 5.69 Å². The Kier molecular flexibility index (Phi) is 7.21. The van der Waals surface area contributed by atoms with Gasteiger partial charge in [0.2, 0.25) is 5.91 Å². The zero-order chi connectivity index (χ0) is 17.4. The van der Waals surface area contributed by atoms with Crippen molar-refractivity contribution in [3.05, 3.63) is 29.3 Å². The van der Waals surface area contributed by atoms with Gasteiger partial charge in [0.05, 0.1) is 13.0 Å². The van der Waals surface area contributed by atoms with E-state index in [2.05, 4.69) is 10.6 Å². The lowest BCUT2D eigenvalue weighted by Crippen LogP contribution is -2.42. The second kappa shape index (κ2) is 8.89. The summed E-state index contributed by atoms with van der Waals surface area (Å²) in [5.74, 6) is -2.91. The smallest absolute Gasteiger partial charge is 0.321 e. The Hall–Kier alpha value is -2.41. The molecule has 0 saturated carbocycles. The van der Waals surface area contributed by atoms with Gasteiger partial charge in [-0.25, -0.2) is 0 Å². The minimum absolute atomic E-state index is 0.343. The van der Waals surface area contributed by atoms with Crippen molar-refractivity contribution in [3.63, 3.8) is 0 Å². The number of rotatable bonds is 9. The quantitative estimate of drug-likeness (QED) is 0.544. The highest BCUT2D eigenvalue weighted by molar-refractivity contribution is 5.95. The lowest BCUT2D eigenvalue weighted by molar-refractivity contribution is -0.142. The van der Waals surface area contributed by atoms with E-state index in [9.17, 15) is 14.4 Å². The lowest BCUT2D eigenvalue weighted by Gasteiger charge is -2.17. The largest absolute Gasteiger partial charge is 0.480 e. The molecule has 7 nitrogen and oxygen atoms in total. The highest BCUT2D eigenvalue weighted by Crippen LogP contribution is 2.22. The third-order valence-electron chi connectivity index (χ3n) is 3.45. The maximum atomic E-state index is 12.1. The fourth-order valence-electron chi connectivity index (χ4n) is 2.24. The van der Waals surface area contributed by atoms with E-state index < -0.39 is 30.4 Å². The number of carboxylic acids is 2. The zero-order valence-electron chi connectivity index (χ0n) is 13.3. The van der Waals surface area contributed by atoms with Gasteiger partial charge in [-0.2, -0.15) is 0 Å². The average molecular weight is 322 g/mol. The van der Waals surface area contributed by atoms with Crippen LogP contribution in [0.1, 0.15) is 31.4 Å². The van der Waals surface area contributed by atoms with Gasteiger partial charge < -0.3 is 15.5 Å². The molecule has 0 radical (unpaired) electrons. The molecule has 0 aliphatic rings. The maximum Gasteiger partial charge on any atom is 0.321 e. The summed E-state index contributed by atoms with van der Waals surface area (Å²) >= 11 is 0. The normalized spacial score (nSPS) is 11.7. The molecule has 23 heavy (non-hydrogen) atoms. The summed E-state index contributed by atoms with van der Waals surface area (Å²) in [6.45, 7) is 3.42. The van der Waals surface area contributed by atoms with Crippen LogP contribution in [-0.2, 0) is 27.2 Å². The first-order chi connectivity index (χ1) is 10.9. The summed E-state index contributed by atoms with van der Waals surface area (Å²) in [6.07, 6.45) is 1.13. The van der Waals surface area contributed by atoms with E-state index in [4.69, 9.17) is 10.2 Å². The van der Waals surface area contributed by atoms with Gasteiger partial charge in [-0.05, 0) is 24.0 Å². The van der Waals surface area contributed by atoms with Crippen LogP contribution in [0, 0.1) is 0 Å². The molecule has 1 amide bonds. The van der Waals surface area contributed by atoms with Crippen molar-refractivity contribution >= 4 is 23.5 Å². The molecule has 0 spiro atoms. The van der Waals surface area contributed by atoms with E-state index in [-0.39, 0.29) is 6.42 Å². The third kappa shape index (κ3) is 5.71. The molecule has 126 valence electrons. The second-order valence-corrected chi connectivity index (χ2v) is 5.08. The SMILES string of the molecule is CCc1cccc(CC)c1NC(=O)CC(NCC(=O)O)C(=O)O. The Balaban J connectivity index is 2.82. The fraction of sp³-hybridized carbons (Fsp3) is 0.438. The first kappa shape index (κ1) is 18.6. The van der Waals surface area contributed by atoms with E-state index in [0.717, 1.165) is 24.0 Å². The number of anilines is 1. The maximum absolute atomic E-state index is 12.1. The summed E-state index contributed by atoms with van der Waals surface area (Å²) in [7, 11) is 0. The van der Waals surface area contributed by atoms with Crippen molar-refractivity contribution in [3.8, 4) is 0 Å². The Morgan fingerprint density at radius 3 is 2.09 bits per heavy atom. The van der Waals surface area contributed by atoms with Crippen LogP contribution in [-0.4, -0.2) is 40.6 Å². The molecule has 4 N–H and O–H groups in total. The molecule has 7 heteroatoms. The molecule has 0 aliphatic carbocycles. The molecule has 1 rings (SSSR count). The van der Waals surface area contributed by atoms with Gasteiger partial charge in [-0.3, -0.25) is 19.7 Å². The fourth-order valence-corrected chi connectivity index (χ4v) is 2.24. The number of hydrogen-bond donors (Lipinski definition) is 4. The first-order valence-corrected chi connectivity index (χ1v) is 7.47. The minimum atomic E-state index is -1.26. The Morgan fingerprint density at radius 1 is 1.09 bits per heavy atom. The molecular weight excluding hydrogens is 300 g/mol. The van der Waals surface area contributed by atoms with Crippen LogP contribution in [0.3, 0.4) is 0 Å². The van der Waals surface area contributed by atoms with Crippen LogP contribution in [0.2, 0.25) is 0 Å². The molecule has 0 saturated heterocycles. The highest BCUT2D eigenvalue weighted by atomic mass is 16.4. The Labute approximate surface area is 134 Å². The monoisotopic (exact) mass is 322 g/mol. The van der Waals surface area contributed by atoms with Gasteiger partial charge in [-0.1, -0.05) is 32.0 Å². The predicted octanol–water partition coefficient (Wildman–Crippen LogP) is 1.27. The molecule has 1 atom stereocenters. The predicted molar refractivity (Wildman–Crippen MR) is 85.5 cm³/mol. The number of hydrogen-bond acceptors (Lipinski definition) is 4. The van der Waals surface area contributed by atoms with Crippen molar-refractivity contribution in [2.45, 2.75) is 39.2 Å². The number of benzene rings is 1. The second-order valence-electron chi connectivity index (χ2n) is 5.08. The van der Waals surface area contributed by atoms with E-state index in [1.54, 1.807) is 0 Å². The number of carboxylic acid groups (broad SMARTS) is 2. The standard InChI is InChI=1S/C16H22N2O5/c1-3-10-6-5-7-11(4-2)15(10)18-13(19)8-12(16(22)23)17-9-14(20)21/h5-7,12,17H,3-4,8-9H2,1-2H3,(H,18,19)(H,20,21)(H,22,23). The number of aryl methyl sites for hydroxylation is 2. The van der Waals surface area contributed by atoms with Gasteiger partial charge in [0.1, 0.15) is 6.04 Å². The van der Waals surface area contributed by atoms with Crippen molar-refractivity contribution in [1.82, 2.24) is 5.32 Å². The van der Waals surface area contributed by atoms with Crippen molar-refractivity contribution in [1.29, 1.82) is 0 Å². The van der Waals surface area contributed by atoms with Gasteiger partial charge in [0.25, 0.3) is 0 Å². The van der Waals surface area contributed by atoms with Gasteiger partial charge in [0.15, 0.2) is 0 Å². The summed E-state index contributed by atoms with van der Waals surface area (Å²) in [5.41, 5.74) is 2.66. The van der Waals surface area contributed by atoms with Gasteiger partial charge in [-0.15, -0.1) is 0 Å². The molecule has 0 heterocycles. The summed E-state index contributed by atoms with van der Waals surface area (Å²) in [4.78, 5) is 33.8. The topological polar surface area (TPSA) is 116 Å². The molecule has 0 bridgehead atoms. The molecule has 0 aromatic heterocycles. The Morgan fingerprint density at radius 2 is 1.65 bits per heavy atom. The molecule has 1 aromatic rings. The van der Waals surface area contributed by atoms with Crippen LogP contribution in [0.5, 0.6) is 0 Å². The third-order valence-corrected chi connectivity index (χ3v) is 3.45. The number of aliphatic carboxylic acids is 2. The first-order valence-electron chi connectivity index (χ1n) is 7.47. The number of carbonyl (C=O) groups excluding carboxylic acids is 1. The summed E-state index contributed by atoms with van der Waals surface area (Å²) in [5, 5.41) is 22.8. The van der Waals surface area contributed by atoms with Crippen molar-refractivity contribution in [2.24, 2.45) is 0 Å². The lowest BCUT2D eigenvalue weighted by atomic mass is 10.0. The number of carbonyl (C=O) groups is 3. The van der Waals surface area contributed by atoms with Gasteiger partial charge in [0, 0.05) is 5.69 Å². The molecule has 1 unspecified atom stereocenters. The van der Waals surface area contributed by atoms with Crippen molar-refractivity contribution < 1.29 is 24.6 Å². The summed E-state index contributed by atoms with van der Waals surface area (Å²) < 4.78 is 0. The van der Waals surface area contributed by atoms with E-state index in [1.165, 1.54) is 0 Å². The Bertz CT molecular complexity index is 564. The molecule has 1 aromatic carbocycles. The van der Waals surface area contributed by atoms with E-state index >= 15 is 0 Å².